The van der Waals surface area contributed by atoms with Crippen LogP contribution in [0.25, 0.3) is 0 Å². The normalized spacial score (nSPS) is 10.7. The quantitative estimate of drug-likeness (QED) is 0.502. The van der Waals surface area contributed by atoms with Gasteiger partial charge < -0.3 is 10.1 Å². The molecule has 10 heteroatoms. The lowest BCUT2D eigenvalue weighted by molar-refractivity contribution is 0.102. The smallest absolute Gasteiger partial charge is 0.261 e. The molecule has 0 bridgehead atoms. The fraction of sp³-hybridized carbons (Fsp3) is 0.0476. The Balaban J connectivity index is 1.72. The van der Waals surface area contributed by atoms with Crippen LogP contribution in [0.3, 0.4) is 0 Å². The zero-order valence-electron chi connectivity index (χ0n) is 15.8. The lowest BCUT2D eigenvalue weighted by Gasteiger charge is -2.11. The number of halogens is 2. The Kier molecular flexibility index (Phi) is 7.02. The summed E-state index contributed by atoms with van der Waals surface area (Å²) in [5.41, 5.74) is 0.967. The molecular weight excluding hydrogens is 461 g/mol. The third kappa shape index (κ3) is 5.89. The number of rotatable bonds is 7. The number of benzene rings is 3. The largest absolute Gasteiger partial charge is 0.479 e. The maximum atomic E-state index is 12.6. The van der Waals surface area contributed by atoms with Gasteiger partial charge in [-0.05, 0) is 60.7 Å². The number of carbonyl (C=O) groups is 1. The average molecular weight is 476 g/mol. The highest BCUT2D eigenvalue weighted by molar-refractivity contribution is 7.92. The van der Waals surface area contributed by atoms with Crippen LogP contribution in [-0.4, -0.2) is 20.9 Å². The molecule has 0 heterocycles. The molecule has 3 aromatic carbocycles. The molecule has 31 heavy (non-hydrogen) atoms. The molecule has 0 unspecified atom stereocenters. The fourth-order valence-corrected chi connectivity index (χ4v) is 3.97. The highest BCUT2D eigenvalue weighted by Crippen LogP contribution is 2.26. The second kappa shape index (κ2) is 9.71. The summed E-state index contributed by atoms with van der Waals surface area (Å²) in [5, 5.41) is 11.6. The molecule has 0 spiro atoms. The first-order valence-corrected chi connectivity index (χ1v) is 11.0. The van der Waals surface area contributed by atoms with E-state index in [1.54, 1.807) is 36.4 Å². The Hall–Kier alpha value is -3.25. The first-order chi connectivity index (χ1) is 14.8. The van der Waals surface area contributed by atoms with Gasteiger partial charge in [0.1, 0.15) is 11.8 Å². The van der Waals surface area contributed by atoms with Crippen LogP contribution < -0.4 is 14.8 Å². The van der Waals surface area contributed by atoms with Gasteiger partial charge in [-0.25, -0.2) is 8.42 Å². The van der Waals surface area contributed by atoms with Crippen molar-refractivity contribution >= 4 is 50.5 Å². The maximum absolute atomic E-state index is 12.6. The van der Waals surface area contributed by atoms with E-state index in [0.717, 1.165) is 0 Å². The minimum absolute atomic E-state index is 0.0598. The highest BCUT2D eigenvalue weighted by atomic mass is 35.5. The predicted octanol–water partition coefficient (Wildman–Crippen LogP) is 4.95. The molecule has 3 rings (SSSR count). The van der Waals surface area contributed by atoms with E-state index in [2.05, 4.69) is 10.0 Å². The van der Waals surface area contributed by atoms with E-state index < -0.39 is 15.9 Å². The Bertz CT molecular complexity index is 1260. The van der Waals surface area contributed by atoms with Crippen molar-refractivity contribution in [2.75, 3.05) is 16.6 Å². The molecule has 7 nitrogen and oxygen atoms in total. The monoisotopic (exact) mass is 475 g/mol. The number of sulfonamides is 1. The summed E-state index contributed by atoms with van der Waals surface area (Å²) in [6, 6.07) is 18.4. The number of hydrogen-bond acceptors (Lipinski definition) is 5. The molecule has 0 saturated heterocycles. The van der Waals surface area contributed by atoms with Crippen LogP contribution in [0.4, 0.5) is 11.4 Å². The van der Waals surface area contributed by atoms with Gasteiger partial charge >= 0.3 is 0 Å². The Morgan fingerprint density at radius 3 is 2.39 bits per heavy atom. The van der Waals surface area contributed by atoms with E-state index in [1.165, 1.54) is 30.3 Å². The third-order valence-electron chi connectivity index (χ3n) is 3.99. The van der Waals surface area contributed by atoms with Crippen LogP contribution in [0, 0.1) is 11.3 Å². The lowest BCUT2D eigenvalue weighted by Crippen LogP contribution is -2.15. The zero-order chi connectivity index (χ0) is 22.4. The van der Waals surface area contributed by atoms with Crippen LogP contribution in [0.1, 0.15) is 10.4 Å². The lowest BCUT2D eigenvalue weighted by atomic mass is 10.2. The van der Waals surface area contributed by atoms with Crippen molar-refractivity contribution in [2.45, 2.75) is 4.90 Å². The van der Waals surface area contributed by atoms with E-state index in [1.807, 2.05) is 6.07 Å². The first kappa shape index (κ1) is 22.4. The standard InChI is InChI=1S/C21H15Cl2N3O4S/c22-19-9-8-18(13-20(19)23)31(28,29)26-16-3-1-2-14(12-16)21(27)25-15-4-6-17(7-5-15)30-11-10-24/h1-9,12-13,26H,11H2,(H,25,27). The SMILES string of the molecule is N#CCOc1ccc(NC(=O)c2cccc(NS(=O)(=O)c3ccc(Cl)c(Cl)c3)c2)cc1. The Labute approximate surface area is 189 Å². The number of nitrogens with one attached hydrogen (secondary N) is 2. The zero-order valence-corrected chi connectivity index (χ0v) is 18.1. The first-order valence-electron chi connectivity index (χ1n) is 8.77. The average Bonchev–Trinajstić information content (AvgIpc) is 2.75. The molecule has 0 aromatic heterocycles. The van der Waals surface area contributed by atoms with Crippen molar-refractivity contribution in [3.63, 3.8) is 0 Å². The number of carbonyl (C=O) groups excluding carboxylic acids is 1. The van der Waals surface area contributed by atoms with E-state index in [4.69, 9.17) is 33.2 Å². The fourth-order valence-electron chi connectivity index (χ4n) is 2.54. The number of ether oxygens (including phenoxy) is 1. The molecular formula is C21H15Cl2N3O4S. The van der Waals surface area contributed by atoms with E-state index >= 15 is 0 Å². The summed E-state index contributed by atoms with van der Waals surface area (Å²) >= 11 is 11.7. The molecule has 0 saturated carbocycles. The second-order valence-corrected chi connectivity index (χ2v) is 8.68. The minimum Gasteiger partial charge on any atom is -0.479 e. The van der Waals surface area contributed by atoms with Gasteiger partial charge in [-0.3, -0.25) is 9.52 Å². The van der Waals surface area contributed by atoms with Gasteiger partial charge in [-0.1, -0.05) is 29.3 Å². The molecule has 0 aliphatic carbocycles. The van der Waals surface area contributed by atoms with Crippen molar-refractivity contribution in [1.29, 1.82) is 5.26 Å². The van der Waals surface area contributed by atoms with Crippen molar-refractivity contribution in [3.05, 3.63) is 82.3 Å². The summed E-state index contributed by atoms with van der Waals surface area (Å²) in [4.78, 5) is 12.5. The van der Waals surface area contributed by atoms with Gasteiger partial charge in [0.15, 0.2) is 6.61 Å². The number of hydrogen-bond donors (Lipinski definition) is 2. The second-order valence-electron chi connectivity index (χ2n) is 6.19. The van der Waals surface area contributed by atoms with E-state index in [9.17, 15) is 13.2 Å². The van der Waals surface area contributed by atoms with Crippen molar-refractivity contribution < 1.29 is 17.9 Å². The molecule has 2 N–H and O–H groups in total. The van der Waals surface area contributed by atoms with Crippen LogP contribution in [-0.2, 0) is 10.0 Å². The summed E-state index contributed by atoms with van der Waals surface area (Å²) in [6.45, 7) is -0.0728. The third-order valence-corrected chi connectivity index (χ3v) is 6.11. The maximum Gasteiger partial charge on any atom is 0.261 e. The highest BCUT2D eigenvalue weighted by Gasteiger charge is 2.17. The number of amides is 1. The molecule has 1 amide bonds. The molecule has 0 aliphatic rings. The summed E-state index contributed by atoms with van der Waals surface area (Å²) in [5.74, 6) is 0.0690. The van der Waals surface area contributed by atoms with Crippen molar-refractivity contribution in [2.24, 2.45) is 0 Å². The molecule has 0 aliphatic heterocycles. The molecule has 0 fully saturated rings. The van der Waals surface area contributed by atoms with Gasteiger partial charge in [0.05, 0.1) is 14.9 Å². The number of nitrogens with zero attached hydrogens (tertiary/aromatic N) is 1. The van der Waals surface area contributed by atoms with Gasteiger partial charge in [0.25, 0.3) is 15.9 Å². The molecule has 0 radical (unpaired) electrons. The van der Waals surface area contributed by atoms with Crippen molar-refractivity contribution in [1.82, 2.24) is 0 Å². The molecule has 3 aromatic rings. The van der Waals surface area contributed by atoms with Gasteiger partial charge in [-0.2, -0.15) is 5.26 Å². The molecule has 0 atom stereocenters. The predicted molar refractivity (Wildman–Crippen MR) is 119 cm³/mol. The molecule has 158 valence electrons. The summed E-state index contributed by atoms with van der Waals surface area (Å²) < 4.78 is 32.8. The van der Waals surface area contributed by atoms with Crippen molar-refractivity contribution in [3.8, 4) is 11.8 Å². The van der Waals surface area contributed by atoms with Gasteiger partial charge in [-0.15, -0.1) is 0 Å². The number of nitriles is 1. The van der Waals surface area contributed by atoms with Gasteiger partial charge in [0.2, 0.25) is 0 Å². The van der Waals surface area contributed by atoms with Crippen LogP contribution >= 0.6 is 23.2 Å². The minimum atomic E-state index is -3.93. The summed E-state index contributed by atoms with van der Waals surface area (Å²) in [6.07, 6.45) is 0. The topological polar surface area (TPSA) is 108 Å². The van der Waals surface area contributed by atoms with Gasteiger partial charge in [0, 0.05) is 16.9 Å². The Morgan fingerprint density at radius 1 is 0.968 bits per heavy atom. The van der Waals surface area contributed by atoms with Crippen LogP contribution in [0.5, 0.6) is 5.75 Å². The van der Waals surface area contributed by atoms with Crippen LogP contribution in [0.2, 0.25) is 10.0 Å². The van der Waals surface area contributed by atoms with E-state index in [-0.39, 0.29) is 32.8 Å². The Morgan fingerprint density at radius 2 is 1.71 bits per heavy atom. The summed E-state index contributed by atoms with van der Waals surface area (Å²) in [7, 11) is -3.93. The number of anilines is 2. The van der Waals surface area contributed by atoms with Crippen LogP contribution in [0.15, 0.2) is 71.6 Å². The van der Waals surface area contributed by atoms with E-state index in [0.29, 0.717) is 11.4 Å².